The van der Waals surface area contributed by atoms with Crippen molar-refractivity contribution in [2.45, 2.75) is 19.3 Å². The van der Waals surface area contributed by atoms with Crippen molar-refractivity contribution in [1.82, 2.24) is 15.3 Å². The molecule has 0 unspecified atom stereocenters. The van der Waals surface area contributed by atoms with Crippen LogP contribution in [0.25, 0.3) is 11.3 Å². The Labute approximate surface area is 201 Å². The molecule has 8 heteroatoms. The molecule has 0 saturated carbocycles. The van der Waals surface area contributed by atoms with Gasteiger partial charge in [-0.2, -0.15) is 0 Å². The number of benzene rings is 2. The number of fused-ring (bicyclic) bond motifs is 1. The number of rotatable bonds is 6. The number of aromatic nitrogens is 2. The van der Waals surface area contributed by atoms with Crippen LogP contribution in [0.15, 0.2) is 72.9 Å². The standard InChI is InChI=1S/C27H24FN5O2/c1-16(17-7-9-19(28)10-8-17)26(34)33-22-15-18(11-13-29-22)24-25(31-20-5-3-2-4-6-20)23-21(32-24)12-14-30-27(23)35/h2-11,13,15-16,31-32H,12,14H2,1H3,(H,30,35)(H,29,33,34)/t16-/m0/s1. The van der Waals surface area contributed by atoms with Gasteiger partial charge in [0.25, 0.3) is 5.91 Å². The molecule has 2 amide bonds. The van der Waals surface area contributed by atoms with Crippen LogP contribution in [0.2, 0.25) is 0 Å². The summed E-state index contributed by atoms with van der Waals surface area (Å²) in [5, 5.41) is 9.14. The van der Waals surface area contributed by atoms with Gasteiger partial charge in [0.15, 0.2) is 0 Å². The minimum absolute atomic E-state index is 0.136. The smallest absolute Gasteiger partial charge is 0.255 e. The number of hydrogen-bond acceptors (Lipinski definition) is 4. The van der Waals surface area contributed by atoms with Gasteiger partial charge in [-0.25, -0.2) is 9.37 Å². The van der Waals surface area contributed by atoms with Crippen LogP contribution in [-0.4, -0.2) is 28.3 Å². The lowest BCUT2D eigenvalue weighted by Crippen LogP contribution is -2.31. The van der Waals surface area contributed by atoms with Crippen molar-refractivity contribution in [3.8, 4) is 11.3 Å². The number of halogens is 1. The van der Waals surface area contributed by atoms with Crippen molar-refractivity contribution in [2.24, 2.45) is 0 Å². The van der Waals surface area contributed by atoms with Crippen LogP contribution < -0.4 is 16.0 Å². The molecule has 1 atom stereocenters. The number of H-pyrrole nitrogens is 1. The fourth-order valence-corrected chi connectivity index (χ4v) is 4.18. The highest BCUT2D eigenvalue weighted by molar-refractivity contribution is 6.06. The average Bonchev–Trinajstić information content (AvgIpc) is 3.24. The highest BCUT2D eigenvalue weighted by atomic mass is 19.1. The summed E-state index contributed by atoms with van der Waals surface area (Å²) >= 11 is 0. The maximum absolute atomic E-state index is 13.2. The van der Waals surface area contributed by atoms with Gasteiger partial charge in [0.05, 0.1) is 22.9 Å². The number of pyridine rings is 1. The minimum Gasteiger partial charge on any atom is -0.356 e. The van der Waals surface area contributed by atoms with E-state index in [9.17, 15) is 14.0 Å². The molecule has 176 valence electrons. The number of nitrogens with zero attached hydrogens (tertiary/aromatic N) is 1. The van der Waals surface area contributed by atoms with Crippen LogP contribution in [0.5, 0.6) is 0 Å². The van der Waals surface area contributed by atoms with E-state index in [1.54, 1.807) is 31.3 Å². The fourth-order valence-electron chi connectivity index (χ4n) is 4.18. The van der Waals surface area contributed by atoms with Gasteiger partial charge in [0.1, 0.15) is 11.6 Å². The van der Waals surface area contributed by atoms with Crippen molar-refractivity contribution < 1.29 is 14.0 Å². The first kappa shape index (κ1) is 22.3. The van der Waals surface area contributed by atoms with Crippen LogP contribution in [0, 0.1) is 5.82 Å². The number of aromatic amines is 1. The Hall–Kier alpha value is -4.46. The predicted molar refractivity (Wildman–Crippen MR) is 133 cm³/mol. The number of carbonyl (C=O) groups excluding carboxylic acids is 2. The number of anilines is 3. The maximum atomic E-state index is 13.2. The molecular weight excluding hydrogens is 445 g/mol. The molecule has 0 bridgehead atoms. The summed E-state index contributed by atoms with van der Waals surface area (Å²) in [7, 11) is 0. The number of hydrogen-bond donors (Lipinski definition) is 4. The number of amides is 2. The molecule has 4 N–H and O–H groups in total. The molecule has 3 heterocycles. The zero-order valence-corrected chi connectivity index (χ0v) is 19.1. The van der Waals surface area contributed by atoms with E-state index >= 15 is 0 Å². The lowest BCUT2D eigenvalue weighted by molar-refractivity contribution is -0.117. The van der Waals surface area contributed by atoms with Gasteiger partial charge in [0.2, 0.25) is 5.91 Å². The normalized spacial score (nSPS) is 13.5. The predicted octanol–water partition coefficient (Wildman–Crippen LogP) is 4.99. The summed E-state index contributed by atoms with van der Waals surface area (Å²) in [4.78, 5) is 33.3. The molecule has 0 fully saturated rings. The number of carbonyl (C=O) groups is 2. The summed E-state index contributed by atoms with van der Waals surface area (Å²) in [6.07, 6.45) is 2.30. The molecule has 2 aromatic heterocycles. The van der Waals surface area contributed by atoms with E-state index in [2.05, 4.69) is 25.9 Å². The van der Waals surface area contributed by atoms with Gasteiger partial charge in [-0.15, -0.1) is 0 Å². The first-order chi connectivity index (χ1) is 17.0. The second-order valence-electron chi connectivity index (χ2n) is 8.42. The first-order valence-electron chi connectivity index (χ1n) is 11.4. The summed E-state index contributed by atoms with van der Waals surface area (Å²) in [5.41, 5.74) is 5.18. The van der Waals surface area contributed by atoms with Gasteiger partial charge in [-0.05, 0) is 48.9 Å². The lowest BCUT2D eigenvalue weighted by atomic mass is 10.0. The van der Waals surface area contributed by atoms with Crippen molar-refractivity contribution >= 4 is 29.0 Å². The molecule has 0 saturated heterocycles. The third-order valence-electron chi connectivity index (χ3n) is 6.07. The van der Waals surface area contributed by atoms with Gasteiger partial charge >= 0.3 is 0 Å². The highest BCUT2D eigenvalue weighted by Crippen LogP contribution is 2.37. The highest BCUT2D eigenvalue weighted by Gasteiger charge is 2.27. The Morgan fingerprint density at radius 3 is 2.63 bits per heavy atom. The van der Waals surface area contributed by atoms with Gasteiger partial charge in [-0.1, -0.05) is 30.3 Å². The quantitative estimate of drug-likeness (QED) is 0.320. The molecule has 1 aliphatic rings. The van der Waals surface area contributed by atoms with Crippen LogP contribution in [0.3, 0.4) is 0 Å². The summed E-state index contributed by atoms with van der Waals surface area (Å²) in [6.45, 7) is 2.32. The van der Waals surface area contributed by atoms with Crippen LogP contribution in [-0.2, 0) is 11.2 Å². The zero-order valence-electron chi connectivity index (χ0n) is 19.1. The Morgan fingerprint density at radius 1 is 1.09 bits per heavy atom. The van der Waals surface area contributed by atoms with Gasteiger partial charge in [0, 0.05) is 36.1 Å². The zero-order chi connectivity index (χ0) is 24.4. The Morgan fingerprint density at radius 2 is 1.86 bits per heavy atom. The van der Waals surface area contributed by atoms with Gasteiger partial charge in [-0.3, -0.25) is 9.59 Å². The largest absolute Gasteiger partial charge is 0.356 e. The second-order valence-corrected chi connectivity index (χ2v) is 8.42. The average molecular weight is 470 g/mol. The van der Waals surface area contributed by atoms with Crippen LogP contribution in [0.1, 0.15) is 34.5 Å². The molecule has 0 radical (unpaired) electrons. The molecule has 7 nitrogen and oxygen atoms in total. The first-order valence-corrected chi connectivity index (χ1v) is 11.4. The Kier molecular flexibility index (Phi) is 6.01. The molecule has 0 aliphatic carbocycles. The number of para-hydroxylation sites is 1. The van der Waals surface area contributed by atoms with Crippen molar-refractivity contribution in [3.05, 3.63) is 95.6 Å². The summed E-state index contributed by atoms with van der Waals surface area (Å²) < 4.78 is 13.2. The SMILES string of the molecule is C[C@H](C(=O)Nc1cc(-c2[nH]c3c(c2Nc2ccccc2)C(=O)NCC3)ccn1)c1ccc(F)cc1. The lowest BCUT2D eigenvalue weighted by Gasteiger charge is -2.15. The Bertz CT molecular complexity index is 1380. The van der Waals surface area contributed by atoms with E-state index < -0.39 is 5.92 Å². The van der Waals surface area contributed by atoms with Crippen molar-refractivity contribution in [1.29, 1.82) is 0 Å². The molecule has 0 spiro atoms. The Balaban J connectivity index is 1.46. The summed E-state index contributed by atoms with van der Waals surface area (Å²) in [6, 6.07) is 19.1. The van der Waals surface area contributed by atoms with E-state index in [1.807, 2.05) is 36.4 Å². The third-order valence-corrected chi connectivity index (χ3v) is 6.07. The van der Waals surface area contributed by atoms with E-state index in [0.717, 1.165) is 22.6 Å². The van der Waals surface area contributed by atoms with Crippen molar-refractivity contribution in [2.75, 3.05) is 17.2 Å². The van der Waals surface area contributed by atoms with Gasteiger partial charge < -0.3 is 20.9 Å². The molecular formula is C27H24FN5O2. The minimum atomic E-state index is -0.488. The van der Waals surface area contributed by atoms with Crippen molar-refractivity contribution in [3.63, 3.8) is 0 Å². The monoisotopic (exact) mass is 469 g/mol. The maximum Gasteiger partial charge on any atom is 0.255 e. The second kappa shape index (κ2) is 9.42. The van der Waals surface area contributed by atoms with E-state index in [-0.39, 0.29) is 17.6 Å². The van der Waals surface area contributed by atoms with Crippen LogP contribution >= 0.6 is 0 Å². The molecule has 5 rings (SSSR count). The van der Waals surface area contributed by atoms with Crippen LogP contribution in [0.4, 0.5) is 21.6 Å². The summed E-state index contributed by atoms with van der Waals surface area (Å²) in [5.74, 6) is -0.850. The number of nitrogens with one attached hydrogen (secondary N) is 4. The molecule has 2 aromatic carbocycles. The molecule has 4 aromatic rings. The molecule has 1 aliphatic heterocycles. The third kappa shape index (κ3) is 4.63. The topological polar surface area (TPSA) is 98.9 Å². The van der Waals surface area contributed by atoms with E-state index in [1.165, 1.54) is 12.1 Å². The van der Waals surface area contributed by atoms with E-state index in [4.69, 9.17) is 0 Å². The fraction of sp³-hybridized carbons (Fsp3) is 0.148. The molecule has 35 heavy (non-hydrogen) atoms. The van der Waals surface area contributed by atoms with E-state index in [0.29, 0.717) is 35.6 Å².